The summed E-state index contributed by atoms with van der Waals surface area (Å²) >= 11 is 0. The lowest BCUT2D eigenvalue weighted by atomic mass is 10.0. The summed E-state index contributed by atoms with van der Waals surface area (Å²) in [6.07, 6.45) is 2.37. The Hall–Kier alpha value is -2.30. The van der Waals surface area contributed by atoms with Gasteiger partial charge in [-0.15, -0.1) is 0 Å². The molecule has 0 atom stereocenters. The number of nitrogens with zero attached hydrogens (tertiary/aromatic N) is 2. The van der Waals surface area contributed by atoms with Gasteiger partial charge < -0.3 is 14.4 Å². The fourth-order valence-electron chi connectivity index (χ4n) is 2.06. The molecule has 19 heavy (non-hydrogen) atoms. The smallest absolute Gasteiger partial charge is 0.356 e. The molecule has 1 N–H and O–H groups in total. The van der Waals surface area contributed by atoms with E-state index in [0.717, 1.165) is 17.5 Å². The van der Waals surface area contributed by atoms with Crippen LogP contribution in [0.5, 0.6) is 5.75 Å². The van der Waals surface area contributed by atoms with E-state index in [-0.39, 0.29) is 5.69 Å². The maximum atomic E-state index is 11.2. The maximum Gasteiger partial charge on any atom is 0.356 e. The van der Waals surface area contributed by atoms with Crippen molar-refractivity contribution in [2.45, 2.75) is 13.3 Å². The van der Waals surface area contributed by atoms with Crippen LogP contribution in [-0.4, -0.2) is 27.7 Å². The summed E-state index contributed by atoms with van der Waals surface area (Å²) in [6, 6.07) is 5.77. The maximum absolute atomic E-state index is 11.2. The number of aryl methyl sites for hydroxylation is 2. The third kappa shape index (κ3) is 2.31. The van der Waals surface area contributed by atoms with Crippen molar-refractivity contribution in [1.82, 2.24) is 9.55 Å². The zero-order valence-electron chi connectivity index (χ0n) is 11.2. The first-order valence-electron chi connectivity index (χ1n) is 6.00. The van der Waals surface area contributed by atoms with E-state index in [4.69, 9.17) is 4.74 Å². The first-order valence-corrected chi connectivity index (χ1v) is 6.00. The summed E-state index contributed by atoms with van der Waals surface area (Å²) < 4.78 is 7.02. The van der Waals surface area contributed by atoms with Gasteiger partial charge in [0.1, 0.15) is 5.75 Å². The van der Waals surface area contributed by atoms with Crippen LogP contribution in [0.3, 0.4) is 0 Å². The molecular formula is C14H16N2O3. The summed E-state index contributed by atoms with van der Waals surface area (Å²) in [5, 5.41) is 9.21. The fraction of sp³-hybridized carbons (Fsp3) is 0.286. The Labute approximate surface area is 111 Å². The van der Waals surface area contributed by atoms with Crippen LogP contribution in [0, 0.1) is 0 Å². The molecule has 1 heterocycles. The van der Waals surface area contributed by atoms with E-state index in [9.17, 15) is 9.90 Å². The molecule has 1 aromatic heterocycles. The average molecular weight is 260 g/mol. The second kappa shape index (κ2) is 5.14. The van der Waals surface area contributed by atoms with Gasteiger partial charge in [-0.3, -0.25) is 0 Å². The molecule has 0 aliphatic rings. The second-order valence-corrected chi connectivity index (χ2v) is 4.25. The van der Waals surface area contributed by atoms with Gasteiger partial charge in [-0.2, -0.15) is 0 Å². The molecule has 1 aromatic carbocycles. The molecule has 0 saturated heterocycles. The van der Waals surface area contributed by atoms with Gasteiger partial charge in [0.05, 0.1) is 19.1 Å². The largest absolute Gasteiger partial charge is 0.496 e. The predicted molar refractivity (Wildman–Crippen MR) is 71.5 cm³/mol. The van der Waals surface area contributed by atoms with Crippen LogP contribution in [-0.2, 0) is 13.5 Å². The van der Waals surface area contributed by atoms with Crippen molar-refractivity contribution >= 4 is 5.97 Å². The van der Waals surface area contributed by atoms with Crippen molar-refractivity contribution in [3.63, 3.8) is 0 Å². The van der Waals surface area contributed by atoms with Gasteiger partial charge in [0, 0.05) is 12.6 Å². The molecule has 0 aliphatic heterocycles. The third-order valence-corrected chi connectivity index (χ3v) is 3.07. The molecule has 5 heteroatoms. The number of methoxy groups -OCH3 is 1. The van der Waals surface area contributed by atoms with Crippen molar-refractivity contribution in [1.29, 1.82) is 0 Å². The van der Waals surface area contributed by atoms with Crippen LogP contribution in [0.25, 0.3) is 11.3 Å². The molecule has 100 valence electrons. The molecule has 0 radical (unpaired) electrons. The average Bonchev–Trinajstić information content (AvgIpc) is 2.80. The van der Waals surface area contributed by atoms with E-state index in [1.807, 2.05) is 25.1 Å². The number of benzene rings is 1. The molecule has 0 unspecified atom stereocenters. The van der Waals surface area contributed by atoms with Crippen LogP contribution < -0.4 is 4.74 Å². The Morgan fingerprint density at radius 3 is 2.79 bits per heavy atom. The van der Waals surface area contributed by atoms with Crippen molar-refractivity contribution in [3.05, 3.63) is 35.8 Å². The zero-order chi connectivity index (χ0) is 14.0. The number of ether oxygens (including phenoxy) is 1. The zero-order valence-corrected chi connectivity index (χ0v) is 11.2. The van der Waals surface area contributed by atoms with Gasteiger partial charge in [-0.1, -0.05) is 13.0 Å². The molecule has 2 rings (SSSR count). The summed E-state index contributed by atoms with van der Waals surface area (Å²) in [4.78, 5) is 15.2. The summed E-state index contributed by atoms with van der Waals surface area (Å²) in [6.45, 7) is 2.05. The molecule has 0 spiro atoms. The monoisotopic (exact) mass is 260 g/mol. The molecule has 2 aromatic rings. The van der Waals surface area contributed by atoms with E-state index >= 15 is 0 Å². The number of carboxylic acid groups (broad SMARTS) is 1. The quantitative estimate of drug-likeness (QED) is 0.916. The number of aromatic carboxylic acids is 1. The van der Waals surface area contributed by atoms with E-state index in [2.05, 4.69) is 4.98 Å². The van der Waals surface area contributed by atoms with Crippen LogP contribution in [0.15, 0.2) is 24.5 Å². The van der Waals surface area contributed by atoms with E-state index in [0.29, 0.717) is 11.4 Å². The highest BCUT2D eigenvalue weighted by Crippen LogP contribution is 2.32. The Balaban J connectivity index is 2.69. The molecule has 0 saturated carbocycles. The number of imidazole rings is 1. The van der Waals surface area contributed by atoms with Crippen molar-refractivity contribution in [2.75, 3.05) is 7.11 Å². The molecule has 0 aliphatic carbocycles. The fourth-order valence-corrected chi connectivity index (χ4v) is 2.06. The number of carbonyl (C=O) groups is 1. The Bertz CT molecular complexity index is 617. The number of hydrogen-bond donors (Lipinski definition) is 1. The van der Waals surface area contributed by atoms with Crippen molar-refractivity contribution < 1.29 is 14.6 Å². The van der Waals surface area contributed by atoms with Gasteiger partial charge >= 0.3 is 5.97 Å². The Morgan fingerprint density at radius 1 is 1.47 bits per heavy atom. The van der Waals surface area contributed by atoms with Crippen LogP contribution in [0.1, 0.15) is 23.0 Å². The minimum absolute atomic E-state index is 0.0362. The predicted octanol–water partition coefficient (Wildman–Crippen LogP) is 2.36. The number of hydrogen-bond acceptors (Lipinski definition) is 3. The van der Waals surface area contributed by atoms with E-state index < -0.39 is 5.97 Å². The summed E-state index contributed by atoms with van der Waals surface area (Å²) in [5.74, 6) is -0.400. The first kappa shape index (κ1) is 13.1. The second-order valence-electron chi connectivity index (χ2n) is 4.25. The normalized spacial score (nSPS) is 10.5. The van der Waals surface area contributed by atoms with Gasteiger partial charge in [0.15, 0.2) is 5.69 Å². The van der Waals surface area contributed by atoms with Crippen molar-refractivity contribution in [3.8, 4) is 17.0 Å². The van der Waals surface area contributed by atoms with Gasteiger partial charge in [0.2, 0.25) is 0 Å². The third-order valence-electron chi connectivity index (χ3n) is 3.07. The Kier molecular flexibility index (Phi) is 3.55. The van der Waals surface area contributed by atoms with Crippen molar-refractivity contribution in [2.24, 2.45) is 7.05 Å². The molecule has 5 nitrogen and oxygen atoms in total. The SMILES string of the molecule is CCc1ccc(OC)c(-c2c(C(=O)O)ncn2C)c1. The van der Waals surface area contributed by atoms with Crippen LogP contribution >= 0.6 is 0 Å². The van der Waals surface area contributed by atoms with Crippen LogP contribution in [0.4, 0.5) is 0 Å². The number of rotatable bonds is 4. The number of carboxylic acids is 1. The molecule has 0 amide bonds. The van der Waals surface area contributed by atoms with E-state index in [1.54, 1.807) is 18.7 Å². The van der Waals surface area contributed by atoms with Gasteiger partial charge in [-0.05, 0) is 24.1 Å². The molecular weight excluding hydrogens is 244 g/mol. The molecule has 0 bridgehead atoms. The highest BCUT2D eigenvalue weighted by atomic mass is 16.5. The van der Waals surface area contributed by atoms with Crippen LogP contribution in [0.2, 0.25) is 0 Å². The Morgan fingerprint density at radius 2 is 2.21 bits per heavy atom. The highest BCUT2D eigenvalue weighted by molar-refractivity contribution is 5.94. The standard InChI is InChI=1S/C14H16N2O3/c1-4-9-5-6-11(19-3)10(7-9)13-12(14(17)18)15-8-16(13)2/h5-8H,4H2,1-3H3,(H,17,18). The summed E-state index contributed by atoms with van der Waals surface area (Å²) in [5.41, 5.74) is 2.46. The number of aromatic nitrogens is 2. The first-order chi connectivity index (χ1) is 9.08. The topological polar surface area (TPSA) is 64.3 Å². The lowest BCUT2D eigenvalue weighted by molar-refractivity contribution is 0.0692. The van der Waals surface area contributed by atoms with E-state index in [1.165, 1.54) is 6.33 Å². The highest BCUT2D eigenvalue weighted by Gasteiger charge is 2.20. The minimum atomic E-state index is -1.04. The van der Waals surface area contributed by atoms with Gasteiger partial charge in [-0.25, -0.2) is 9.78 Å². The minimum Gasteiger partial charge on any atom is -0.496 e. The van der Waals surface area contributed by atoms with Gasteiger partial charge in [0.25, 0.3) is 0 Å². The lowest BCUT2D eigenvalue weighted by Gasteiger charge is -2.11. The lowest BCUT2D eigenvalue weighted by Crippen LogP contribution is -2.03. The molecule has 0 fully saturated rings. The summed E-state index contributed by atoms with van der Waals surface area (Å²) in [7, 11) is 3.34.